The van der Waals surface area contributed by atoms with E-state index in [-0.39, 0.29) is 0 Å². The van der Waals surface area contributed by atoms with Gasteiger partial charge in [0.05, 0.1) is 4.88 Å². The van der Waals surface area contributed by atoms with Crippen molar-refractivity contribution < 1.29 is 4.79 Å². The van der Waals surface area contributed by atoms with Gasteiger partial charge < -0.3 is 0 Å². The van der Waals surface area contributed by atoms with Gasteiger partial charge >= 0.3 is 0 Å². The third kappa shape index (κ3) is 1.57. The third-order valence-electron chi connectivity index (χ3n) is 1.78. The summed E-state index contributed by atoms with van der Waals surface area (Å²) in [6, 6.07) is 6.11. The maximum Gasteiger partial charge on any atom is 0.160 e. The minimum Gasteiger partial charge on any atom is -0.297 e. The zero-order valence-corrected chi connectivity index (χ0v) is 8.74. The lowest BCUT2D eigenvalue weighted by atomic mass is 10.2. The third-order valence-corrected chi connectivity index (χ3v) is 3.66. The van der Waals surface area contributed by atoms with E-state index < -0.39 is 0 Å². The van der Waals surface area contributed by atoms with Crippen LogP contribution in [0, 0.1) is 6.92 Å². The first-order valence-electron chi connectivity index (χ1n) is 3.91. The van der Waals surface area contributed by atoms with Crippen LogP contribution < -0.4 is 0 Å². The average Bonchev–Trinajstić information content (AvgIpc) is 2.71. The van der Waals surface area contributed by atoms with E-state index in [4.69, 9.17) is 0 Å². The monoisotopic (exact) mass is 208 g/mol. The van der Waals surface area contributed by atoms with Gasteiger partial charge in [0, 0.05) is 15.3 Å². The second kappa shape index (κ2) is 3.44. The van der Waals surface area contributed by atoms with Gasteiger partial charge in [-0.2, -0.15) is 0 Å². The lowest BCUT2D eigenvalue weighted by Crippen LogP contribution is -1.74. The summed E-state index contributed by atoms with van der Waals surface area (Å²) in [4.78, 5) is 13.9. The van der Waals surface area contributed by atoms with Crippen LogP contribution in [0.25, 0.3) is 10.4 Å². The van der Waals surface area contributed by atoms with Crippen molar-refractivity contribution in [1.29, 1.82) is 0 Å². The molecule has 1 nitrogen and oxygen atoms in total. The molecular formula is C10H8OS2. The van der Waals surface area contributed by atoms with E-state index in [1.165, 1.54) is 9.75 Å². The fraction of sp³-hybridized carbons (Fsp3) is 0.100. The largest absolute Gasteiger partial charge is 0.297 e. The summed E-state index contributed by atoms with van der Waals surface area (Å²) in [5, 5.41) is 2.02. The zero-order chi connectivity index (χ0) is 9.26. The Hall–Kier alpha value is -0.930. The Morgan fingerprint density at radius 1 is 1.46 bits per heavy atom. The molecule has 0 bridgehead atoms. The van der Waals surface area contributed by atoms with Crippen LogP contribution in [0.5, 0.6) is 0 Å². The summed E-state index contributed by atoms with van der Waals surface area (Å²) in [7, 11) is 0. The van der Waals surface area contributed by atoms with Crippen LogP contribution in [0.1, 0.15) is 14.5 Å². The van der Waals surface area contributed by atoms with Gasteiger partial charge in [-0.05, 0) is 24.4 Å². The van der Waals surface area contributed by atoms with Gasteiger partial charge in [-0.3, -0.25) is 4.79 Å². The molecule has 3 heteroatoms. The maximum absolute atomic E-state index is 10.8. The van der Waals surface area contributed by atoms with Crippen molar-refractivity contribution in [2.24, 2.45) is 0 Å². The predicted molar refractivity (Wildman–Crippen MR) is 57.8 cm³/mol. The van der Waals surface area contributed by atoms with E-state index in [1.54, 1.807) is 22.7 Å². The van der Waals surface area contributed by atoms with Crippen molar-refractivity contribution in [2.75, 3.05) is 0 Å². The molecular weight excluding hydrogens is 200 g/mol. The Bertz CT molecular complexity index is 412. The number of aryl methyl sites for hydroxylation is 1. The second-order valence-electron chi connectivity index (χ2n) is 2.73. The lowest BCUT2D eigenvalue weighted by molar-refractivity contribution is 0.112. The summed E-state index contributed by atoms with van der Waals surface area (Å²) in [6.45, 7) is 2.02. The molecule has 0 N–H and O–H groups in total. The summed E-state index contributed by atoms with van der Waals surface area (Å²) in [6.07, 6.45) is 0.937. The standard InChI is InChI=1S/C10H8OS2/c1-7-5-8(10(6-11)13-7)9-3-2-4-12-9/h2-6H,1H3. The van der Waals surface area contributed by atoms with Gasteiger partial charge in [0.2, 0.25) is 0 Å². The van der Waals surface area contributed by atoms with E-state index in [2.05, 4.69) is 6.07 Å². The summed E-state index contributed by atoms with van der Waals surface area (Å²) in [5.74, 6) is 0. The van der Waals surface area contributed by atoms with Crippen molar-refractivity contribution in [1.82, 2.24) is 0 Å². The van der Waals surface area contributed by atoms with Crippen LogP contribution in [0.4, 0.5) is 0 Å². The molecule has 0 saturated carbocycles. The van der Waals surface area contributed by atoms with Gasteiger partial charge in [-0.25, -0.2) is 0 Å². The zero-order valence-electron chi connectivity index (χ0n) is 7.11. The molecule has 0 aliphatic carbocycles. The normalized spacial score (nSPS) is 10.2. The van der Waals surface area contributed by atoms with Gasteiger partial charge in [-0.15, -0.1) is 22.7 Å². The molecule has 13 heavy (non-hydrogen) atoms. The quantitative estimate of drug-likeness (QED) is 0.689. The van der Waals surface area contributed by atoms with Crippen LogP contribution in [0.15, 0.2) is 23.6 Å². The maximum atomic E-state index is 10.8. The highest BCUT2D eigenvalue weighted by molar-refractivity contribution is 7.16. The molecule has 0 atom stereocenters. The highest BCUT2D eigenvalue weighted by Gasteiger charge is 2.08. The first-order chi connectivity index (χ1) is 6.31. The topological polar surface area (TPSA) is 17.1 Å². The molecule has 0 spiro atoms. The summed E-state index contributed by atoms with van der Waals surface area (Å²) in [5.41, 5.74) is 1.08. The molecule has 66 valence electrons. The Labute approximate surface area is 84.7 Å². The fourth-order valence-electron chi connectivity index (χ4n) is 1.24. The number of aldehydes is 1. The number of hydrogen-bond donors (Lipinski definition) is 0. The molecule has 2 aromatic heterocycles. The van der Waals surface area contributed by atoms with Gasteiger partial charge in [-0.1, -0.05) is 6.07 Å². The van der Waals surface area contributed by atoms with E-state index in [0.717, 1.165) is 16.7 Å². The predicted octanol–water partition coefficient (Wildman–Crippen LogP) is 3.60. The van der Waals surface area contributed by atoms with Crippen molar-refractivity contribution >= 4 is 29.0 Å². The van der Waals surface area contributed by atoms with Crippen molar-refractivity contribution in [2.45, 2.75) is 6.92 Å². The SMILES string of the molecule is Cc1cc(-c2cccs2)c(C=O)s1. The Balaban J connectivity index is 2.56. The molecule has 2 rings (SSSR count). The summed E-state index contributed by atoms with van der Waals surface area (Å²) >= 11 is 3.22. The van der Waals surface area contributed by atoms with E-state index in [1.807, 2.05) is 24.4 Å². The summed E-state index contributed by atoms with van der Waals surface area (Å²) < 4.78 is 0. The first-order valence-corrected chi connectivity index (χ1v) is 5.60. The number of thiophene rings is 2. The molecule has 0 aromatic carbocycles. The van der Waals surface area contributed by atoms with Crippen LogP contribution in [0.3, 0.4) is 0 Å². The molecule has 0 aliphatic rings. The Morgan fingerprint density at radius 3 is 2.92 bits per heavy atom. The van der Waals surface area contributed by atoms with Gasteiger partial charge in [0.25, 0.3) is 0 Å². The number of carbonyl (C=O) groups is 1. The van der Waals surface area contributed by atoms with Crippen molar-refractivity contribution in [3.05, 3.63) is 33.3 Å². The fourth-order valence-corrected chi connectivity index (χ4v) is 2.92. The number of carbonyl (C=O) groups excluding carboxylic acids is 1. The smallest absolute Gasteiger partial charge is 0.160 e. The van der Waals surface area contributed by atoms with E-state index >= 15 is 0 Å². The van der Waals surface area contributed by atoms with Crippen LogP contribution in [0.2, 0.25) is 0 Å². The molecule has 0 unspecified atom stereocenters. The van der Waals surface area contributed by atoms with E-state index in [9.17, 15) is 4.79 Å². The van der Waals surface area contributed by atoms with E-state index in [0.29, 0.717) is 0 Å². The van der Waals surface area contributed by atoms with Crippen LogP contribution >= 0.6 is 22.7 Å². The molecule has 0 radical (unpaired) electrons. The van der Waals surface area contributed by atoms with Crippen LogP contribution in [-0.4, -0.2) is 6.29 Å². The van der Waals surface area contributed by atoms with Crippen LogP contribution in [-0.2, 0) is 0 Å². The highest BCUT2D eigenvalue weighted by atomic mass is 32.1. The molecule has 0 saturated heterocycles. The van der Waals surface area contributed by atoms with Gasteiger partial charge in [0.1, 0.15) is 0 Å². The van der Waals surface area contributed by atoms with Gasteiger partial charge in [0.15, 0.2) is 6.29 Å². The number of rotatable bonds is 2. The molecule has 0 amide bonds. The second-order valence-corrected chi connectivity index (χ2v) is 4.97. The molecule has 2 heterocycles. The first kappa shape index (κ1) is 8.66. The van der Waals surface area contributed by atoms with Crippen molar-refractivity contribution in [3.8, 4) is 10.4 Å². The molecule has 0 fully saturated rings. The Morgan fingerprint density at radius 2 is 2.31 bits per heavy atom. The van der Waals surface area contributed by atoms with Crippen molar-refractivity contribution in [3.63, 3.8) is 0 Å². The Kier molecular flexibility index (Phi) is 2.29. The molecule has 2 aromatic rings. The minimum atomic E-state index is 0.833. The minimum absolute atomic E-state index is 0.833. The lowest BCUT2D eigenvalue weighted by Gasteiger charge is -1.91. The molecule has 0 aliphatic heterocycles. The average molecular weight is 208 g/mol. The number of hydrogen-bond acceptors (Lipinski definition) is 3. The highest BCUT2D eigenvalue weighted by Crippen LogP contribution is 2.32.